The Morgan fingerprint density at radius 1 is 1.02 bits per heavy atom. The van der Waals surface area contributed by atoms with Gasteiger partial charge < -0.3 is 59.3 Å². The quantitative estimate of drug-likeness (QED) is 0.225. The number of halogens is 1. The molecule has 14 nitrogen and oxygen atoms in total. The predicted molar refractivity (Wildman–Crippen MR) is 142 cm³/mol. The molecule has 2 aromatic rings. The number of nitrogens with one attached hydrogen (secondary N) is 1. The predicted octanol–water partition coefficient (Wildman–Crippen LogP) is -0.405. The van der Waals surface area contributed by atoms with Crippen molar-refractivity contribution in [3.8, 4) is 0 Å². The summed E-state index contributed by atoms with van der Waals surface area (Å²) >= 11 is 6.10. The Labute approximate surface area is 245 Å². The van der Waals surface area contributed by atoms with E-state index in [1.807, 2.05) is 0 Å². The van der Waals surface area contributed by atoms with Crippen LogP contribution in [0.5, 0.6) is 0 Å². The number of fused-ring (bicyclic) bond motifs is 1. The van der Waals surface area contributed by atoms with Crippen molar-refractivity contribution in [2.24, 2.45) is 0 Å². The maximum Gasteiger partial charge on any atom is 0.221 e. The minimum absolute atomic E-state index is 0.00132. The van der Waals surface area contributed by atoms with Gasteiger partial charge in [-0.05, 0) is 29.8 Å². The molecule has 3 aliphatic heterocycles. The first-order valence-electron chi connectivity index (χ1n) is 13.3. The highest BCUT2D eigenvalue weighted by molar-refractivity contribution is 6.33. The number of hydrogen-bond donors (Lipinski definition) is 6. The van der Waals surface area contributed by atoms with Gasteiger partial charge >= 0.3 is 0 Å². The molecule has 3 aliphatic rings. The van der Waals surface area contributed by atoms with E-state index in [0.29, 0.717) is 21.8 Å². The zero-order valence-corrected chi connectivity index (χ0v) is 23.2. The summed E-state index contributed by atoms with van der Waals surface area (Å²) in [7, 11) is 0. The first-order chi connectivity index (χ1) is 20.2. The Kier molecular flexibility index (Phi) is 10.0. The van der Waals surface area contributed by atoms with Crippen LogP contribution in [0.3, 0.4) is 0 Å². The number of aliphatic hydroxyl groups is 5. The van der Waals surface area contributed by atoms with Crippen molar-refractivity contribution >= 4 is 23.2 Å². The Morgan fingerprint density at radius 3 is 2.48 bits per heavy atom. The molecule has 0 aliphatic carbocycles. The van der Waals surface area contributed by atoms with E-state index in [1.54, 1.807) is 42.7 Å². The topological polar surface area (TPSA) is 199 Å². The van der Waals surface area contributed by atoms with Gasteiger partial charge in [-0.15, -0.1) is 0 Å². The molecule has 1 amide bonds. The van der Waals surface area contributed by atoms with Gasteiger partial charge in [-0.2, -0.15) is 0 Å². The van der Waals surface area contributed by atoms with E-state index in [1.165, 1.54) is 6.92 Å². The molecule has 11 atom stereocenters. The highest BCUT2D eigenvalue weighted by atomic mass is 35.5. The van der Waals surface area contributed by atoms with Gasteiger partial charge in [0, 0.05) is 24.9 Å². The van der Waals surface area contributed by atoms with Gasteiger partial charge in [-0.25, -0.2) is 0 Å². The van der Waals surface area contributed by atoms with Gasteiger partial charge in [-0.1, -0.05) is 17.7 Å². The average molecular weight is 613 g/mol. The number of rotatable bonds is 8. The lowest BCUT2D eigenvalue weighted by Gasteiger charge is -2.48. The van der Waals surface area contributed by atoms with E-state index in [9.17, 15) is 30.3 Å². The number of nitrogens with zero attached hydrogens (tertiary/aromatic N) is 1. The standard InChI is InChI=1S/C27H33ClN2O12/c1-12(32)30-16-8-13(2-3-15(16)28)10-37-26-21(35)19(33)23(17(9-31)39-26)42-27-22(36)20(34)24-18(40-27)11-38-25(41-24)14-4-6-29-7-5-14/h2-8,17-27,31,33-36H,9-11H2,1H3,(H,30,32)/t17-,18-,19-,20-,21-,22-,23-,24-,25?,26-,27-/m1/s1. The Hall–Kier alpha value is -2.31. The molecular weight excluding hydrogens is 580 g/mol. The monoisotopic (exact) mass is 612 g/mol. The fourth-order valence-electron chi connectivity index (χ4n) is 5.02. The molecule has 0 saturated carbocycles. The second-order valence-corrected chi connectivity index (χ2v) is 10.6. The van der Waals surface area contributed by atoms with E-state index < -0.39 is 74.3 Å². The lowest BCUT2D eigenvalue weighted by molar-refractivity contribution is -0.386. The van der Waals surface area contributed by atoms with Crippen LogP contribution in [0.15, 0.2) is 42.7 Å². The largest absolute Gasteiger partial charge is 0.394 e. The molecule has 3 fully saturated rings. The molecule has 0 radical (unpaired) electrons. The van der Waals surface area contributed by atoms with Gasteiger partial charge in [-0.3, -0.25) is 9.78 Å². The lowest BCUT2D eigenvalue weighted by atomic mass is 9.96. The number of aliphatic hydroxyl groups excluding tert-OH is 5. The molecule has 230 valence electrons. The molecule has 5 rings (SSSR count). The summed E-state index contributed by atoms with van der Waals surface area (Å²) in [4.78, 5) is 15.4. The number of anilines is 1. The molecule has 42 heavy (non-hydrogen) atoms. The average Bonchev–Trinajstić information content (AvgIpc) is 2.99. The van der Waals surface area contributed by atoms with Crippen molar-refractivity contribution in [3.05, 3.63) is 58.9 Å². The summed E-state index contributed by atoms with van der Waals surface area (Å²) < 4.78 is 34.5. The van der Waals surface area contributed by atoms with Crippen LogP contribution in [0.4, 0.5) is 5.69 Å². The van der Waals surface area contributed by atoms with Crippen molar-refractivity contribution in [2.45, 2.75) is 81.2 Å². The van der Waals surface area contributed by atoms with E-state index in [0.717, 1.165) is 0 Å². The van der Waals surface area contributed by atoms with Gasteiger partial charge in [0.25, 0.3) is 0 Å². The van der Waals surface area contributed by atoms with Crippen LogP contribution in [0.25, 0.3) is 0 Å². The Bertz CT molecular complexity index is 1210. The molecule has 0 spiro atoms. The van der Waals surface area contributed by atoms with Gasteiger partial charge in [0.15, 0.2) is 18.9 Å². The second kappa shape index (κ2) is 13.5. The van der Waals surface area contributed by atoms with Crippen LogP contribution in [-0.4, -0.2) is 111 Å². The van der Waals surface area contributed by atoms with Gasteiger partial charge in [0.1, 0.15) is 48.8 Å². The zero-order chi connectivity index (χ0) is 30.0. The second-order valence-electron chi connectivity index (χ2n) is 10.2. The first kappa shape index (κ1) is 31.1. The highest BCUT2D eigenvalue weighted by Gasteiger charge is 2.53. The number of ether oxygens (including phenoxy) is 6. The number of amides is 1. The maximum atomic E-state index is 11.4. The number of hydrogen-bond acceptors (Lipinski definition) is 13. The van der Waals surface area contributed by atoms with Crippen molar-refractivity contribution < 1.29 is 58.7 Å². The van der Waals surface area contributed by atoms with Crippen LogP contribution in [0, 0.1) is 0 Å². The Balaban J connectivity index is 1.20. The molecule has 15 heteroatoms. The summed E-state index contributed by atoms with van der Waals surface area (Å²) in [6.07, 6.45) is -11.2. The third-order valence-corrected chi connectivity index (χ3v) is 7.51. The molecule has 1 unspecified atom stereocenters. The summed E-state index contributed by atoms with van der Waals surface area (Å²) in [5.41, 5.74) is 1.62. The number of benzene rings is 1. The van der Waals surface area contributed by atoms with E-state index in [-0.39, 0.29) is 19.1 Å². The van der Waals surface area contributed by atoms with Crippen LogP contribution in [-0.2, 0) is 39.8 Å². The molecule has 3 saturated heterocycles. The van der Waals surface area contributed by atoms with Crippen molar-refractivity contribution in [1.29, 1.82) is 0 Å². The third-order valence-electron chi connectivity index (χ3n) is 7.18. The summed E-state index contributed by atoms with van der Waals surface area (Å²) in [6, 6.07) is 8.19. The summed E-state index contributed by atoms with van der Waals surface area (Å²) in [5, 5.41) is 56.2. The lowest BCUT2D eigenvalue weighted by Crippen LogP contribution is -2.65. The fraction of sp³-hybridized carbons (Fsp3) is 0.556. The minimum Gasteiger partial charge on any atom is -0.394 e. The molecule has 0 bridgehead atoms. The van der Waals surface area contributed by atoms with Crippen LogP contribution in [0.1, 0.15) is 24.3 Å². The van der Waals surface area contributed by atoms with Crippen molar-refractivity contribution in [2.75, 3.05) is 18.5 Å². The van der Waals surface area contributed by atoms with Gasteiger partial charge in [0.2, 0.25) is 5.91 Å². The molecule has 6 N–H and O–H groups in total. The van der Waals surface area contributed by atoms with E-state index in [2.05, 4.69) is 10.3 Å². The molecule has 4 heterocycles. The zero-order valence-electron chi connectivity index (χ0n) is 22.4. The van der Waals surface area contributed by atoms with Crippen LogP contribution < -0.4 is 5.32 Å². The molecule has 1 aromatic heterocycles. The van der Waals surface area contributed by atoms with Crippen molar-refractivity contribution in [1.82, 2.24) is 4.98 Å². The number of pyridine rings is 1. The fourth-order valence-corrected chi connectivity index (χ4v) is 5.18. The minimum atomic E-state index is -1.64. The van der Waals surface area contributed by atoms with Crippen LogP contribution >= 0.6 is 11.6 Å². The Morgan fingerprint density at radius 2 is 1.76 bits per heavy atom. The number of carbonyl (C=O) groups is 1. The first-order valence-corrected chi connectivity index (χ1v) is 13.7. The number of aromatic nitrogens is 1. The number of carbonyl (C=O) groups excluding carboxylic acids is 1. The smallest absolute Gasteiger partial charge is 0.221 e. The maximum absolute atomic E-state index is 11.4. The molecular formula is C27H33ClN2O12. The van der Waals surface area contributed by atoms with Crippen molar-refractivity contribution in [3.63, 3.8) is 0 Å². The SMILES string of the molecule is CC(=O)Nc1cc(CO[C@@H]2O[C@H](CO)[C@@H](O[C@H]3O[C@@H]4COC(c5ccncc5)O[C@H]4[C@H](O)[C@H]3O)[C@H](O)[C@H]2O)ccc1Cl. The highest BCUT2D eigenvalue weighted by Crippen LogP contribution is 2.36. The normalized spacial score (nSPS) is 36.7. The van der Waals surface area contributed by atoms with E-state index >= 15 is 0 Å². The van der Waals surface area contributed by atoms with Crippen LogP contribution in [0.2, 0.25) is 5.02 Å². The van der Waals surface area contributed by atoms with E-state index in [4.69, 9.17) is 40.0 Å². The summed E-state index contributed by atoms with van der Waals surface area (Å²) in [5.74, 6) is -0.311. The molecule has 1 aromatic carbocycles. The third kappa shape index (κ3) is 6.75. The van der Waals surface area contributed by atoms with Gasteiger partial charge in [0.05, 0.1) is 30.5 Å². The summed E-state index contributed by atoms with van der Waals surface area (Å²) in [6.45, 7) is 0.607.